The van der Waals surface area contributed by atoms with E-state index in [1.165, 1.54) is 30.6 Å². The smallest absolute Gasteiger partial charge is 0.165 e. The largest absolute Gasteiger partial charge is 0.490 e. The summed E-state index contributed by atoms with van der Waals surface area (Å²) in [4.78, 5) is 3.95. The summed E-state index contributed by atoms with van der Waals surface area (Å²) in [5.74, 6) is 0.493. The molecule has 0 aliphatic heterocycles. The Morgan fingerprint density at radius 1 is 1.56 bits per heavy atom. The van der Waals surface area contributed by atoms with E-state index in [1.807, 2.05) is 0 Å². The summed E-state index contributed by atoms with van der Waals surface area (Å²) in [6.07, 6.45) is 3.53. The molecule has 2 N–H and O–H groups in total. The average Bonchev–Trinajstić information content (AvgIpc) is 3.18. The maximum absolute atomic E-state index is 13.8. The molecule has 0 amide bonds. The molecular weight excluding hydrogens is 251 g/mol. The van der Waals surface area contributed by atoms with Crippen LogP contribution >= 0.6 is 12.2 Å². The first-order valence-electron chi connectivity index (χ1n) is 5.85. The van der Waals surface area contributed by atoms with E-state index < -0.39 is 6.04 Å². The monoisotopic (exact) mass is 266 g/mol. The molecule has 18 heavy (non-hydrogen) atoms. The molecule has 1 unspecified atom stereocenters. The van der Waals surface area contributed by atoms with Gasteiger partial charge in [0.2, 0.25) is 0 Å². The lowest BCUT2D eigenvalue weighted by molar-refractivity contribution is 0.285. The van der Waals surface area contributed by atoms with Gasteiger partial charge in [-0.15, -0.1) is 0 Å². The number of nitrogens with zero attached hydrogens (tertiary/aromatic N) is 1. The lowest BCUT2D eigenvalue weighted by atomic mass is 10.1. The van der Waals surface area contributed by atoms with E-state index in [9.17, 15) is 4.39 Å². The summed E-state index contributed by atoms with van der Waals surface area (Å²) < 4.78 is 19.2. The molecule has 0 spiro atoms. The molecule has 1 fully saturated rings. The third-order valence-corrected chi connectivity index (χ3v) is 3.10. The van der Waals surface area contributed by atoms with Gasteiger partial charge in [0.15, 0.2) is 11.6 Å². The summed E-state index contributed by atoms with van der Waals surface area (Å²) in [7, 11) is 0. The predicted octanol–water partition coefficient (Wildman–Crippen LogP) is 2.64. The molecule has 1 aliphatic rings. The molecule has 1 atom stereocenters. The Kier molecular flexibility index (Phi) is 4.25. The summed E-state index contributed by atoms with van der Waals surface area (Å²) in [5.41, 5.74) is 5.89. The summed E-state index contributed by atoms with van der Waals surface area (Å²) in [5, 5.41) is 1.45. The molecule has 1 aromatic carbocycles. The van der Waals surface area contributed by atoms with Crippen molar-refractivity contribution >= 4 is 23.9 Å². The van der Waals surface area contributed by atoms with E-state index in [-0.39, 0.29) is 11.6 Å². The fourth-order valence-corrected chi connectivity index (χ4v) is 1.83. The minimum absolute atomic E-state index is 0.283. The van der Waals surface area contributed by atoms with Crippen molar-refractivity contribution in [3.63, 3.8) is 0 Å². The highest BCUT2D eigenvalue weighted by molar-refractivity contribution is 7.79. The van der Waals surface area contributed by atoms with Gasteiger partial charge in [-0.3, -0.25) is 4.99 Å². The van der Waals surface area contributed by atoms with Gasteiger partial charge < -0.3 is 10.5 Å². The molecule has 0 bridgehead atoms. The van der Waals surface area contributed by atoms with Crippen LogP contribution in [0.2, 0.25) is 0 Å². The second-order valence-corrected chi connectivity index (χ2v) is 4.60. The van der Waals surface area contributed by atoms with Gasteiger partial charge in [0.25, 0.3) is 0 Å². The van der Waals surface area contributed by atoms with Crippen LogP contribution < -0.4 is 10.5 Å². The minimum Gasteiger partial charge on any atom is -0.490 e. The van der Waals surface area contributed by atoms with Gasteiger partial charge in [0.05, 0.1) is 12.9 Å². The average molecular weight is 266 g/mol. The summed E-state index contributed by atoms with van der Waals surface area (Å²) in [6.45, 7) is 0.591. The maximum atomic E-state index is 13.8. The van der Waals surface area contributed by atoms with Crippen LogP contribution in [0.25, 0.3) is 0 Å². The van der Waals surface area contributed by atoms with E-state index in [4.69, 9.17) is 22.7 Å². The highest BCUT2D eigenvalue weighted by Crippen LogP contribution is 2.30. The minimum atomic E-state index is -0.392. The fraction of sp³-hybridized carbons (Fsp3) is 0.385. The quantitative estimate of drug-likeness (QED) is 0.489. The van der Waals surface area contributed by atoms with Crippen molar-refractivity contribution in [1.29, 1.82) is 0 Å². The van der Waals surface area contributed by atoms with Crippen LogP contribution in [0.1, 0.15) is 24.4 Å². The van der Waals surface area contributed by atoms with Crippen LogP contribution in [0.3, 0.4) is 0 Å². The zero-order valence-electron chi connectivity index (χ0n) is 9.88. The predicted molar refractivity (Wildman–Crippen MR) is 73.7 cm³/mol. The SMILES string of the molecule is NC=NC(C=S)c1ccc(OCC2CC2)c(F)c1. The molecule has 0 heterocycles. The summed E-state index contributed by atoms with van der Waals surface area (Å²) >= 11 is 4.84. The standard InChI is InChI=1S/C13H15FN2OS/c14-11-5-10(12(7-18)16-8-15)3-4-13(11)17-6-9-1-2-9/h3-5,7-9,12H,1-2,6H2,(H2,15,16). The Labute approximate surface area is 111 Å². The number of thiocarbonyl (C=S) groups is 1. The number of hydrogen-bond donors (Lipinski definition) is 1. The Hall–Kier alpha value is -1.49. The van der Waals surface area contributed by atoms with Gasteiger partial charge in [0.1, 0.15) is 6.04 Å². The van der Waals surface area contributed by atoms with Crippen molar-refractivity contribution < 1.29 is 9.13 Å². The van der Waals surface area contributed by atoms with E-state index in [1.54, 1.807) is 12.1 Å². The zero-order valence-corrected chi connectivity index (χ0v) is 10.7. The molecule has 5 heteroatoms. The van der Waals surface area contributed by atoms with Gasteiger partial charge in [0, 0.05) is 5.37 Å². The third-order valence-electron chi connectivity index (χ3n) is 2.84. The number of ether oxygens (including phenoxy) is 1. The number of rotatable bonds is 6. The molecule has 96 valence electrons. The van der Waals surface area contributed by atoms with Crippen LogP contribution in [0.4, 0.5) is 4.39 Å². The molecular formula is C13H15FN2OS. The Bertz CT molecular complexity index is 460. The Balaban J connectivity index is 2.09. The van der Waals surface area contributed by atoms with Crippen molar-refractivity contribution in [2.45, 2.75) is 18.9 Å². The molecule has 0 radical (unpaired) electrons. The van der Waals surface area contributed by atoms with Gasteiger partial charge in [-0.05, 0) is 36.5 Å². The maximum Gasteiger partial charge on any atom is 0.165 e. The second-order valence-electron chi connectivity index (χ2n) is 4.32. The molecule has 1 aromatic rings. The third kappa shape index (κ3) is 3.26. The lowest BCUT2D eigenvalue weighted by Gasteiger charge is -2.10. The first-order valence-corrected chi connectivity index (χ1v) is 6.32. The van der Waals surface area contributed by atoms with E-state index in [0.717, 1.165) is 0 Å². The number of aliphatic imine (C=N–C) groups is 1. The molecule has 2 rings (SSSR count). The molecule has 1 aliphatic carbocycles. The van der Waals surface area contributed by atoms with Crippen LogP contribution in [0.5, 0.6) is 5.75 Å². The van der Waals surface area contributed by atoms with E-state index in [0.29, 0.717) is 18.1 Å². The van der Waals surface area contributed by atoms with Crippen LogP contribution in [-0.2, 0) is 0 Å². The highest BCUT2D eigenvalue weighted by Gasteiger charge is 2.22. The molecule has 0 aromatic heterocycles. The van der Waals surface area contributed by atoms with E-state index in [2.05, 4.69) is 4.99 Å². The Morgan fingerprint density at radius 2 is 2.33 bits per heavy atom. The van der Waals surface area contributed by atoms with E-state index >= 15 is 0 Å². The number of benzene rings is 1. The van der Waals surface area contributed by atoms with Gasteiger partial charge >= 0.3 is 0 Å². The molecule has 1 saturated carbocycles. The number of halogens is 1. The van der Waals surface area contributed by atoms with Crippen molar-refractivity contribution in [2.24, 2.45) is 16.6 Å². The number of hydrogen-bond acceptors (Lipinski definition) is 3. The molecule has 3 nitrogen and oxygen atoms in total. The van der Waals surface area contributed by atoms with Crippen molar-refractivity contribution in [3.05, 3.63) is 29.6 Å². The highest BCUT2D eigenvalue weighted by atomic mass is 32.1. The topological polar surface area (TPSA) is 47.6 Å². The fourth-order valence-electron chi connectivity index (χ4n) is 1.60. The molecule has 0 saturated heterocycles. The van der Waals surface area contributed by atoms with Crippen LogP contribution in [0, 0.1) is 11.7 Å². The summed E-state index contributed by atoms with van der Waals surface area (Å²) in [6, 6.07) is 4.37. The second kappa shape index (κ2) is 5.91. The first-order chi connectivity index (χ1) is 8.74. The van der Waals surface area contributed by atoms with Gasteiger partial charge in [-0.1, -0.05) is 18.3 Å². The van der Waals surface area contributed by atoms with Gasteiger partial charge in [-0.2, -0.15) is 0 Å². The van der Waals surface area contributed by atoms with Crippen molar-refractivity contribution in [1.82, 2.24) is 0 Å². The first kappa shape index (κ1) is 13.0. The van der Waals surface area contributed by atoms with Crippen LogP contribution in [-0.4, -0.2) is 18.3 Å². The van der Waals surface area contributed by atoms with Crippen molar-refractivity contribution in [3.8, 4) is 5.75 Å². The number of nitrogens with two attached hydrogens (primary N) is 1. The zero-order chi connectivity index (χ0) is 13.0. The Morgan fingerprint density at radius 3 is 2.89 bits per heavy atom. The van der Waals surface area contributed by atoms with Gasteiger partial charge in [-0.25, -0.2) is 4.39 Å². The normalized spacial score (nSPS) is 16.7. The lowest BCUT2D eigenvalue weighted by Crippen LogP contribution is -2.03. The van der Waals surface area contributed by atoms with Crippen molar-refractivity contribution in [2.75, 3.05) is 6.61 Å². The van der Waals surface area contributed by atoms with Crippen LogP contribution in [0.15, 0.2) is 23.2 Å².